The highest BCUT2D eigenvalue weighted by molar-refractivity contribution is 7.13. The second kappa shape index (κ2) is 20.7. The summed E-state index contributed by atoms with van der Waals surface area (Å²) in [6.45, 7) is 12.3. The van der Waals surface area contributed by atoms with E-state index in [0.29, 0.717) is 41.7 Å². The van der Waals surface area contributed by atoms with Gasteiger partial charge in [0.1, 0.15) is 17.8 Å². The van der Waals surface area contributed by atoms with E-state index in [2.05, 4.69) is 40.3 Å². The Kier molecular flexibility index (Phi) is 14.5. The summed E-state index contributed by atoms with van der Waals surface area (Å²) in [6, 6.07) is 16.5. The molecule has 17 heteroatoms. The van der Waals surface area contributed by atoms with Crippen LogP contribution in [0.2, 0.25) is 0 Å². The molecule has 9 rings (SSSR count). The van der Waals surface area contributed by atoms with Crippen LogP contribution in [0.5, 0.6) is 5.75 Å². The summed E-state index contributed by atoms with van der Waals surface area (Å²) in [5, 5.41) is 40.4. The van der Waals surface area contributed by atoms with E-state index in [-0.39, 0.29) is 42.4 Å². The Labute approximate surface area is 408 Å². The van der Waals surface area contributed by atoms with Gasteiger partial charge in [-0.05, 0) is 106 Å². The molecule has 1 saturated carbocycles. The molecule has 3 atom stereocenters. The first-order valence-corrected chi connectivity index (χ1v) is 25.6. The summed E-state index contributed by atoms with van der Waals surface area (Å²) in [6.07, 6.45) is 10.9. The number of benzene rings is 2. The van der Waals surface area contributed by atoms with Crippen molar-refractivity contribution in [3.05, 3.63) is 83.8 Å². The summed E-state index contributed by atoms with van der Waals surface area (Å²) < 4.78 is 2.07. The first kappa shape index (κ1) is 48.3. The maximum Gasteiger partial charge on any atom is 0.246 e. The Morgan fingerprint density at radius 2 is 1.51 bits per heavy atom. The number of aliphatic hydroxyl groups is 1. The predicted octanol–water partition coefficient (Wildman–Crippen LogP) is 6.20. The van der Waals surface area contributed by atoms with Gasteiger partial charge in [0.2, 0.25) is 17.7 Å². The first-order chi connectivity index (χ1) is 33.2. The van der Waals surface area contributed by atoms with Crippen LogP contribution in [0.15, 0.2) is 72.5 Å². The van der Waals surface area contributed by atoms with Gasteiger partial charge in [0.15, 0.2) is 5.82 Å². The number of aliphatic hydroxyl groups excluding tert-OH is 1. The van der Waals surface area contributed by atoms with Crippen molar-refractivity contribution in [3.8, 4) is 38.6 Å². The summed E-state index contributed by atoms with van der Waals surface area (Å²) in [5.41, 5.74) is 13.2. The van der Waals surface area contributed by atoms with Crippen LogP contribution in [-0.2, 0) is 20.9 Å². The monoisotopic (exact) mass is 958 g/mol. The highest BCUT2D eigenvalue weighted by Crippen LogP contribution is 2.36. The Morgan fingerprint density at radius 3 is 2.16 bits per heavy atom. The molecule has 366 valence electrons. The summed E-state index contributed by atoms with van der Waals surface area (Å²) in [7, 11) is 0. The van der Waals surface area contributed by atoms with Crippen LogP contribution in [-0.4, -0.2) is 131 Å². The second-order valence-electron chi connectivity index (χ2n) is 20.7. The lowest BCUT2D eigenvalue weighted by molar-refractivity contribution is -0.144. The number of carbonyl (C=O) groups is 3. The standard InChI is InChI=1S/C52H67N11O5S/c1-32-46(69-31-55-32)34-11-9-33(10-12-34)27-54-50(67)44-25-40(64)30-62(44)51(68)47(52(2,3)4)57-49(66)35-13-15-37(16-14-35)60-21-17-38(18-22-60)61-23-19-39(20-24-61)63-29-36(28-56-63)42-26-43(58-59-48(42)53)41-7-5-6-8-45(41)65/h5-12,26,28-29,31,35,37-40,44,47,64-65H,13-25,27,30H2,1-4H3,(H2,53,59)(H,54,67)(H,57,66)/t35?,37?,40-,44+,47-/m1/s1. The zero-order valence-electron chi connectivity index (χ0n) is 40.3. The van der Waals surface area contributed by atoms with Crippen molar-refractivity contribution in [2.75, 3.05) is 38.5 Å². The van der Waals surface area contributed by atoms with Crippen molar-refractivity contribution < 1.29 is 24.6 Å². The normalized spacial score (nSPS) is 22.7. The summed E-state index contributed by atoms with van der Waals surface area (Å²) in [5.74, 6) is -0.480. The molecular weight excluding hydrogens is 891 g/mol. The average Bonchev–Trinajstić information content (AvgIpc) is 4.13. The van der Waals surface area contributed by atoms with Gasteiger partial charge in [0, 0.05) is 73.5 Å². The van der Waals surface area contributed by atoms with Gasteiger partial charge >= 0.3 is 0 Å². The van der Waals surface area contributed by atoms with Crippen LogP contribution >= 0.6 is 11.3 Å². The van der Waals surface area contributed by atoms with Crippen molar-refractivity contribution in [3.63, 3.8) is 0 Å². The zero-order valence-corrected chi connectivity index (χ0v) is 41.1. The number of rotatable bonds is 12. The highest BCUT2D eigenvalue weighted by Gasteiger charge is 2.45. The molecule has 16 nitrogen and oxygen atoms in total. The topological polar surface area (TPSA) is 208 Å². The maximum absolute atomic E-state index is 14.3. The molecule has 0 radical (unpaired) electrons. The van der Waals surface area contributed by atoms with Crippen molar-refractivity contribution in [1.29, 1.82) is 0 Å². The number of nitrogens with zero attached hydrogens (tertiary/aromatic N) is 8. The van der Waals surface area contributed by atoms with E-state index in [0.717, 1.165) is 110 Å². The number of nitrogen functional groups attached to an aromatic ring is 1. The van der Waals surface area contributed by atoms with Crippen molar-refractivity contribution in [1.82, 2.24) is 50.3 Å². The molecule has 3 amide bonds. The third kappa shape index (κ3) is 10.9. The molecule has 4 aliphatic rings. The summed E-state index contributed by atoms with van der Waals surface area (Å²) in [4.78, 5) is 54.1. The molecule has 5 aromatic rings. The summed E-state index contributed by atoms with van der Waals surface area (Å²) >= 11 is 1.59. The molecule has 0 spiro atoms. The van der Waals surface area contributed by atoms with Gasteiger partial charge in [0.25, 0.3) is 0 Å². The third-order valence-corrected chi connectivity index (χ3v) is 16.1. The fourth-order valence-electron chi connectivity index (χ4n) is 11.0. The molecule has 69 heavy (non-hydrogen) atoms. The number of phenolic OH excluding ortho intramolecular Hbond substituents is 1. The minimum absolute atomic E-state index is 0.0432. The van der Waals surface area contributed by atoms with Crippen molar-refractivity contribution in [2.24, 2.45) is 11.3 Å². The van der Waals surface area contributed by atoms with Crippen molar-refractivity contribution in [2.45, 2.75) is 128 Å². The lowest BCUT2D eigenvalue weighted by atomic mass is 9.82. The fraction of sp³-hybridized carbons (Fsp3) is 0.519. The van der Waals surface area contributed by atoms with Gasteiger partial charge in [-0.1, -0.05) is 57.2 Å². The molecule has 0 bridgehead atoms. The number of piperidine rings is 2. The van der Waals surface area contributed by atoms with Crippen LogP contribution < -0.4 is 16.4 Å². The van der Waals surface area contributed by atoms with Gasteiger partial charge in [0.05, 0.1) is 40.1 Å². The number of aromatic nitrogens is 5. The number of thiazole rings is 1. The largest absolute Gasteiger partial charge is 0.507 e. The van der Waals surface area contributed by atoms with E-state index in [4.69, 9.17) is 10.8 Å². The van der Waals surface area contributed by atoms with Crippen molar-refractivity contribution >= 4 is 34.9 Å². The number of phenols is 1. The van der Waals surface area contributed by atoms with E-state index < -0.39 is 23.6 Å². The Balaban J connectivity index is 0.719. The lowest BCUT2D eigenvalue weighted by Crippen LogP contribution is -2.58. The predicted molar refractivity (Wildman–Crippen MR) is 267 cm³/mol. The van der Waals surface area contributed by atoms with E-state index in [1.54, 1.807) is 23.5 Å². The number of para-hydroxylation sites is 1. The van der Waals surface area contributed by atoms with Crippen LogP contribution in [0, 0.1) is 18.3 Å². The van der Waals surface area contributed by atoms with E-state index in [9.17, 15) is 24.6 Å². The van der Waals surface area contributed by atoms with Crippen LogP contribution in [0.1, 0.15) is 95.9 Å². The van der Waals surface area contributed by atoms with Crippen LogP contribution in [0.4, 0.5) is 5.82 Å². The Bertz CT molecular complexity index is 2590. The van der Waals surface area contributed by atoms with Crippen LogP contribution in [0.25, 0.3) is 32.8 Å². The second-order valence-corrected chi connectivity index (χ2v) is 21.5. The van der Waals surface area contributed by atoms with Gasteiger partial charge < -0.3 is 41.3 Å². The molecule has 4 fully saturated rings. The minimum atomic E-state index is -0.846. The Hall–Kier alpha value is -5.75. The molecule has 0 unspecified atom stereocenters. The number of hydrogen-bond donors (Lipinski definition) is 5. The van der Waals surface area contributed by atoms with Gasteiger partial charge in [-0.3, -0.25) is 19.1 Å². The molecule has 2 aromatic carbocycles. The number of carbonyl (C=O) groups excluding carboxylic acids is 3. The lowest BCUT2D eigenvalue weighted by Gasteiger charge is -2.45. The smallest absolute Gasteiger partial charge is 0.246 e. The molecule has 6 N–H and O–H groups in total. The molecule has 6 heterocycles. The highest BCUT2D eigenvalue weighted by atomic mass is 32.1. The number of nitrogens with two attached hydrogens (primary N) is 1. The van der Waals surface area contributed by atoms with Gasteiger partial charge in [-0.15, -0.1) is 21.5 Å². The number of amides is 3. The number of β-amino-alcohol motifs (C(OH)–C–C–N with tert-alkyl or cyclic N) is 1. The fourth-order valence-corrected chi connectivity index (χ4v) is 11.8. The number of hydrogen-bond acceptors (Lipinski definition) is 13. The van der Waals surface area contributed by atoms with Gasteiger partial charge in [-0.25, -0.2) is 4.98 Å². The SMILES string of the molecule is Cc1ncsc1-c1ccc(CNC(=O)[C@@H]2C[C@@H](O)CN2C(=O)[C@@H](NC(=O)C2CCC(N3CCC(N4CCC(n5cc(-c6cc(-c7ccccc7O)nnc6N)cn5)CC4)CC3)CC2)C(C)(C)C)cc1. The number of aromatic hydroxyl groups is 1. The van der Waals surface area contributed by atoms with Gasteiger partial charge in [-0.2, -0.15) is 5.10 Å². The molecule has 1 aliphatic carbocycles. The first-order valence-electron chi connectivity index (χ1n) is 24.7. The third-order valence-electron chi connectivity index (χ3n) is 15.1. The number of nitrogens with one attached hydrogen (secondary N) is 2. The number of anilines is 1. The molecule has 3 saturated heterocycles. The van der Waals surface area contributed by atoms with Crippen LogP contribution in [0.3, 0.4) is 0 Å². The zero-order chi connectivity index (χ0) is 48.4. The van der Waals surface area contributed by atoms with E-state index in [1.165, 1.54) is 4.90 Å². The molecule has 3 aromatic heterocycles. The minimum Gasteiger partial charge on any atom is -0.507 e. The molecule has 3 aliphatic heterocycles. The number of aryl methyl sites for hydroxylation is 1. The Morgan fingerprint density at radius 1 is 0.841 bits per heavy atom. The quantitative estimate of drug-likeness (QED) is 0.0949. The van der Waals surface area contributed by atoms with E-state index in [1.807, 2.05) is 88.1 Å². The number of likely N-dealkylation sites (tertiary alicyclic amines) is 3. The average molecular weight is 958 g/mol. The molecular formula is C52H67N11O5S. The maximum atomic E-state index is 14.3. The van der Waals surface area contributed by atoms with E-state index >= 15 is 0 Å².